The van der Waals surface area contributed by atoms with Crippen LogP contribution in [0.4, 0.5) is 0 Å². The van der Waals surface area contributed by atoms with Crippen LogP contribution < -0.4 is 10.1 Å². The number of imidazole rings is 1. The molecule has 0 bridgehead atoms. The maximum Gasteiger partial charge on any atom is 0.269 e. The summed E-state index contributed by atoms with van der Waals surface area (Å²) in [4.78, 5) is 16.0. The molecule has 6 nitrogen and oxygen atoms in total. The molecule has 0 atom stereocenters. The van der Waals surface area contributed by atoms with Crippen molar-refractivity contribution in [2.24, 2.45) is 7.05 Å². The van der Waals surface area contributed by atoms with Crippen LogP contribution in [0.3, 0.4) is 0 Å². The summed E-state index contributed by atoms with van der Waals surface area (Å²) in [6.45, 7) is 6.29. The van der Waals surface area contributed by atoms with Crippen LogP contribution in [0.15, 0.2) is 18.3 Å². The molecule has 0 spiro atoms. The van der Waals surface area contributed by atoms with Crippen molar-refractivity contribution in [2.45, 2.75) is 32.8 Å². The third kappa shape index (κ3) is 3.94. The highest BCUT2D eigenvalue weighted by Crippen LogP contribution is 2.35. The van der Waals surface area contributed by atoms with E-state index in [4.69, 9.17) is 16.3 Å². The second-order valence-electron chi connectivity index (χ2n) is 6.68. The first-order chi connectivity index (χ1) is 11.7. The van der Waals surface area contributed by atoms with Crippen molar-refractivity contribution in [3.05, 3.63) is 46.0 Å². The van der Waals surface area contributed by atoms with E-state index in [1.807, 2.05) is 20.8 Å². The van der Waals surface area contributed by atoms with Gasteiger partial charge in [-0.2, -0.15) is 5.26 Å². The average molecular weight is 361 g/mol. The molecule has 132 valence electrons. The van der Waals surface area contributed by atoms with Gasteiger partial charge >= 0.3 is 0 Å². The number of hydrogen-bond donors (Lipinski definition) is 1. The number of amides is 1. The van der Waals surface area contributed by atoms with Gasteiger partial charge in [-0.1, -0.05) is 32.4 Å². The number of hydrogen-bond acceptors (Lipinski definition) is 4. The van der Waals surface area contributed by atoms with E-state index < -0.39 is 0 Å². The van der Waals surface area contributed by atoms with Crippen LogP contribution in [0.5, 0.6) is 5.75 Å². The lowest BCUT2D eigenvalue weighted by molar-refractivity contribution is 0.0954. The average Bonchev–Trinajstić information content (AvgIpc) is 2.92. The van der Waals surface area contributed by atoms with E-state index in [2.05, 4.69) is 16.4 Å². The molecular weight excluding hydrogens is 340 g/mol. The molecule has 0 aliphatic heterocycles. The van der Waals surface area contributed by atoms with E-state index in [1.165, 1.54) is 6.20 Å². The maximum atomic E-state index is 11.8. The summed E-state index contributed by atoms with van der Waals surface area (Å²) >= 11 is 6.15. The quantitative estimate of drug-likeness (QED) is 0.908. The highest BCUT2D eigenvalue weighted by Gasteiger charge is 2.22. The summed E-state index contributed by atoms with van der Waals surface area (Å²) in [6, 6.07) is 5.50. The number of nitrogens with one attached hydrogen (secondary N) is 1. The van der Waals surface area contributed by atoms with E-state index in [1.54, 1.807) is 30.8 Å². The van der Waals surface area contributed by atoms with E-state index in [0.29, 0.717) is 27.9 Å². The van der Waals surface area contributed by atoms with Gasteiger partial charge in [-0.05, 0) is 11.5 Å². The molecule has 1 aromatic carbocycles. The normalized spacial score (nSPS) is 11.1. The van der Waals surface area contributed by atoms with Crippen LogP contribution in [-0.2, 0) is 19.1 Å². The number of ether oxygens (including phenoxy) is 1. The molecule has 1 heterocycles. The van der Waals surface area contributed by atoms with Gasteiger partial charge in [-0.25, -0.2) is 4.98 Å². The fraction of sp³-hybridized carbons (Fsp3) is 0.389. The number of carbonyl (C=O) groups excluding carboxylic acids is 1. The second kappa shape index (κ2) is 7.16. The molecule has 1 aromatic heterocycles. The Labute approximate surface area is 152 Å². The minimum Gasteiger partial charge on any atom is -0.485 e. The number of carbonyl (C=O) groups is 1. The van der Waals surface area contributed by atoms with Crippen molar-refractivity contribution in [1.29, 1.82) is 5.26 Å². The SMILES string of the molecule is CNC(=O)c1cnc(COc2cc(Cl)c(C#N)cc2C(C)(C)C)n1C. The third-order valence-corrected chi connectivity index (χ3v) is 4.21. The molecule has 0 aliphatic rings. The van der Waals surface area contributed by atoms with Crippen LogP contribution in [0.25, 0.3) is 0 Å². The molecule has 0 radical (unpaired) electrons. The molecular formula is C18H21ClN4O2. The van der Waals surface area contributed by atoms with Gasteiger partial charge < -0.3 is 14.6 Å². The predicted molar refractivity (Wildman–Crippen MR) is 95.8 cm³/mol. The zero-order valence-corrected chi connectivity index (χ0v) is 15.7. The first-order valence-electron chi connectivity index (χ1n) is 7.78. The highest BCUT2D eigenvalue weighted by molar-refractivity contribution is 6.31. The van der Waals surface area contributed by atoms with E-state index in [0.717, 1.165) is 5.56 Å². The van der Waals surface area contributed by atoms with Gasteiger partial charge in [-0.15, -0.1) is 0 Å². The Balaban J connectivity index is 2.33. The summed E-state index contributed by atoms with van der Waals surface area (Å²) in [5.74, 6) is 0.998. The fourth-order valence-corrected chi connectivity index (χ4v) is 2.61. The number of nitriles is 1. The topological polar surface area (TPSA) is 79.9 Å². The maximum absolute atomic E-state index is 11.8. The molecule has 0 fully saturated rings. The summed E-state index contributed by atoms with van der Waals surface area (Å²) in [5.41, 5.74) is 1.53. The minimum absolute atomic E-state index is 0.179. The molecule has 0 aliphatic carbocycles. The van der Waals surface area contributed by atoms with Gasteiger partial charge in [0.2, 0.25) is 0 Å². The van der Waals surface area contributed by atoms with E-state index >= 15 is 0 Å². The lowest BCUT2D eigenvalue weighted by Gasteiger charge is -2.23. The van der Waals surface area contributed by atoms with Crippen molar-refractivity contribution < 1.29 is 9.53 Å². The van der Waals surface area contributed by atoms with Crippen LogP contribution in [0.2, 0.25) is 5.02 Å². The molecule has 1 amide bonds. The van der Waals surface area contributed by atoms with Gasteiger partial charge in [0.05, 0.1) is 16.8 Å². The number of nitrogens with zero attached hydrogens (tertiary/aromatic N) is 3. The molecule has 7 heteroatoms. The molecule has 2 rings (SSSR count). The summed E-state index contributed by atoms with van der Waals surface area (Å²) in [5, 5.41) is 12.1. The molecule has 1 N–H and O–H groups in total. The van der Waals surface area contributed by atoms with Gasteiger partial charge in [0, 0.05) is 25.7 Å². The zero-order chi connectivity index (χ0) is 18.8. The van der Waals surface area contributed by atoms with Crippen molar-refractivity contribution >= 4 is 17.5 Å². The Morgan fingerprint density at radius 2 is 2.12 bits per heavy atom. The van der Waals surface area contributed by atoms with Gasteiger partial charge in [0.1, 0.15) is 29.9 Å². The van der Waals surface area contributed by atoms with Crippen LogP contribution in [0, 0.1) is 11.3 Å². The number of benzene rings is 1. The number of aromatic nitrogens is 2. The number of rotatable bonds is 4. The predicted octanol–water partition coefficient (Wildman–Crippen LogP) is 3.18. The van der Waals surface area contributed by atoms with E-state index in [-0.39, 0.29) is 17.9 Å². The second-order valence-corrected chi connectivity index (χ2v) is 7.08. The van der Waals surface area contributed by atoms with Gasteiger partial charge in [0.25, 0.3) is 5.91 Å². The van der Waals surface area contributed by atoms with Crippen LogP contribution >= 0.6 is 11.6 Å². The molecule has 0 saturated carbocycles. The first kappa shape index (κ1) is 18.8. The van der Waals surface area contributed by atoms with Gasteiger partial charge in [-0.3, -0.25) is 4.79 Å². The summed E-state index contributed by atoms with van der Waals surface area (Å²) in [7, 11) is 3.33. The molecule has 0 saturated heterocycles. The molecule has 0 unspecified atom stereocenters. The Hall–Kier alpha value is -2.52. The Morgan fingerprint density at radius 3 is 2.68 bits per heavy atom. The van der Waals surface area contributed by atoms with E-state index in [9.17, 15) is 10.1 Å². The lowest BCUT2D eigenvalue weighted by Crippen LogP contribution is -2.21. The Kier molecular flexibility index (Phi) is 5.39. The zero-order valence-electron chi connectivity index (χ0n) is 15.0. The largest absolute Gasteiger partial charge is 0.485 e. The third-order valence-electron chi connectivity index (χ3n) is 3.90. The standard InChI is InChI=1S/C18H21ClN4O2/c1-18(2,3)12-6-11(8-20)13(19)7-15(12)25-10-16-22-9-14(23(16)5)17(24)21-4/h6-7,9H,10H2,1-5H3,(H,21,24). The minimum atomic E-state index is -0.222. The first-order valence-corrected chi connectivity index (χ1v) is 8.16. The monoisotopic (exact) mass is 360 g/mol. The highest BCUT2D eigenvalue weighted by atomic mass is 35.5. The number of halogens is 1. The summed E-state index contributed by atoms with van der Waals surface area (Å²) in [6.07, 6.45) is 1.51. The smallest absolute Gasteiger partial charge is 0.269 e. The molecule has 25 heavy (non-hydrogen) atoms. The Morgan fingerprint density at radius 1 is 1.44 bits per heavy atom. The van der Waals surface area contributed by atoms with Crippen molar-refractivity contribution in [3.63, 3.8) is 0 Å². The molecule has 2 aromatic rings. The van der Waals surface area contributed by atoms with Crippen molar-refractivity contribution in [3.8, 4) is 11.8 Å². The van der Waals surface area contributed by atoms with Crippen LogP contribution in [-0.4, -0.2) is 22.5 Å². The lowest BCUT2D eigenvalue weighted by atomic mass is 9.85. The Bertz CT molecular complexity index is 844. The van der Waals surface area contributed by atoms with Crippen molar-refractivity contribution in [2.75, 3.05) is 7.05 Å². The fourth-order valence-electron chi connectivity index (χ4n) is 2.41. The van der Waals surface area contributed by atoms with Gasteiger partial charge in [0.15, 0.2) is 0 Å². The summed E-state index contributed by atoms with van der Waals surface area (Å²) < 4.78 is 7.61. The van der Waals surface area contributed by atoms with Crippen molar-refractivity contribution in [1.82, 2.24) is 14.9 Å². The van der Waals surface area contributed by atoms with Crippen LogP contribution in [0.1, 0.15) is 48.2 Å².